The van der Waals surface area contributed by atoms with Crippen molar-refractivity contribution < 1.29 is 26.7 Å². The van der Waals surface area contributed by atoms with Gasteiger partial charge in [0.25, 0.3) is 0 Å². The van der Waals surface area contributed by atoms with Crippen molar-refractivity contribution in [2.45, 2.75) is 17.7 Å². The van der Waals surface area contributed by atoms with Crippen molar-refractivity contribution >= 4 is 21.5 Å². The Bertz CT molecular complexity index is 1110. The SMILES string of the molecule is CNS(=O)(=O)c1ccc(Nc2ccc(C(F)(F)F)cn2)c(-c2cnc(CO)[nH]2)c1. The van der Waals surface area contributed by atoms with Gasteiger partial charge in [-0.25, -0.2) is 23.1 Å². The van der Waals surface area contributed by atoms with Crippen molar-refractivity contribution in [2.75, 3.05) is 12.4 Å². The standard InChI is InChI=1S/C17H16F3N5O3S/c1-21-29(27,28)11-3-4-13(12(6-11)14-8-23-16(9-26)25-14)24-15-5-2-10(7-22-15)17(18,19)20/h2-8,21,26H,9H2,1H3,(H,22,24)(H,23,25). The number of benzene rings is 1. The molecule has 3 aromatic rings. The number of H-pyrrole nitrogens is 1. The maximum absolute atomic E-state index is 12.7. The summed E-state index contributed by atoms with van der Waals surface area (Å²) < 4.78 is 64.6. The topological polar surface area (TPSA) is 120 Å². The van der Waals surface area contributed by atoms with Crippen LogP contribution < -0.4 is 10.0 Å². The van der Waals surface area contributed by atoms with Crippen LogP contribution in [0.3, 0.4) is 0 Å². The van der Waals surface area contributed by atoms with Crippen LogP contribution in [0.2, 0.25) is 0 Å². The molecule has 4 N–H and O–H groups in total. The van der Waals surface area contributed by atoms with Gasteiger partial charge in [-0.05, 0) is 37.4 Å². The molecule has 0 aliphatic heterocycles. The predicted octanol–water partition coefficient (Wildman–Crippen LogP) is 2.63. The molecule has 29 heavy (non-hydrogen) atoms. The fourth-order valence-corrected chi connectivity index (χ4v) is 3.25. The van der Waals surface area contributed by atoms with Crippen LogP contribution in [0, 0.1) is 0 Å². The summed E-state index contributed by atoms with van der Waals surface area (Å²) in [7, 11) is -2.47. The average molecular weight is 427 g/mol. The quantitative estimate of drug-likeness (QED) is 0.480. The first-order valence-corrected chi connectivity index (χ1v) is 9.65. The number of sulfonamides is 1. The smallest absolute Gasteiger partial charge is 0.388 e. The van der Waals surface area contributed by atoms with E-state index in [-0.39, 0.29) is 23.1 Å². The summed E-state index contributed by atoms with van der Waals surface area (Å²) in [6, 6.07) is 6.21. The maximum Gasteiger partial charge on any atom is 0.417 e. The summed E-state index contributed by atoms with van der Waals surface area (Å²) in [5, 5.41) is 12.1. The molecule has 0 fully saturated rings. The minimum atomic E-state index is -4.50. The highest BCUT2D eigenvalue weighted by atomic mass is 32.2. The monoisotopic (exact) mass is 427 g/mol. The van der Waals surface area contributed by atoms with E-state index < -0.39 is 21.8 Å². The molecule has 0 radical (unpaired) electrons. The Balaban J connectivity index is 2.03. The van der Waals surface area contributed by atoms with Crippen molar-refractivity contribution in [1.29, 1.82) is 0 Å². The highest BCUT2D eigenvalue weighted by Crippen LogP contribution is 2.33. The summed E-state index contributed by atoms with van der Waals surface area (Å²) in [6.07, 6.45) is -2.40. The second kappa shape index (κ2) is 7.81. The second-order valence-electron chi connectivity index (χ2n) is 5.87. The highest BCUT2D eigenvalue weighted by Gasteiger charge is 2.30. The molecule has 0 atom stereocenters. The van der Waals surface area contributed by atoms with Crippen molar-refractivity contribution in [2.24, 2.45) is 0 Å². The summed E-state index contributed by atoms with van der Waals surface area (Å²) in [6.45, 7) is -0.349. The number of alkyl halides is 3. The van der Waals surface area contributed by atoms with Gasteiger partial charge in [-0.1, -0.05) is 0 Å². The number of pyridine rings is 1. The molecule has 1 aromatic carbocycles. The molecule has 0 bridgehead atoms. The lowest BCUT2D eigenvalue weighted by Crippen LogP contribution is -2.18. The Hall–Kier alpha value is -2.96. The van der Waals surface area contributed by atoms with Gasteiger partial charge >= 0.3 is 6.18 Å². The summed E-state index contributed by atoms with van der Waals surface area (Å²) >= 11 is 0. The zero-order valence-corrected chi connectivity index (χ0v) is 15.8. The number of aromatic nitrogens is 3. The van der Waals surface area contributed by atoms with E-state index in [0.717, 1.165) is 12.1 Å². The van der Waals surface area contributed by atoms with Crippen LogP contribution in [0.1, 0.15) is 11.4 Å². The molecule has 0 saturated carbocycles. The number of aromatic amines is 1. The molecule has 0 spiro atoms. The molecule has 0 aliphatic rings. The fraction of sp³-hybridized carbons (Fsp3) is 0.176. The van der Waals surface area contributed by atoms with Gasteiger partial charge in [-0.15, -0.1) is 0 Å². The number of imidazole rings is 1. The Labute approximate surface area is 163 Å². The molecular formula is C17H16F3N5O3S. The predicted molar refractivity (Wildman–Crippen MR) is 98.7 cm³/mol. The number of halogens is 3. The number of aliphatic hydroxyl groups excluding tert-OH is 1. The van der Waals surface area contributed by atoms with Gasteiger partial charge in [0, 0.05) is 17.4 Å². The van der Waals surface area contributed by atoms with E-state index in [1.165, 1.54) is 31.4 Å². The number of hydrogen-bond donors (Lipinski definition) is 4. The zero-order valence-electron chi connectivity index (χ0n) is 14.9. The molecule has 154 valence electrons. The Morgan fingerprint density at radius 1 is 1.14 bits per heavy atom. The normalized spacial score (nSPS) is 12.2. The summed E-state index contributed by atoms with van der Waals surface area (Å²) in [5.74, 6) is 0.394. The average Bonchev–Trinajstić information content (AvgIpc) is 3.17. The van der Waals surface area contributed by atoms with Crippen LogP contribution in [-0.2, 0) is 22.8 Å². The van der Waals surface area contributed by atoms with Crippen molar-refractivity contribution in [1.82, 2.24) is 19.7 Å². The largest absolute Gasteiger partial charge is 0.417 e. The second-order valence-corrected chi connectivity index (χ2v) is 7.76. The minimum absolute atomic E-state index is 0.0268. The van der Waals surface area contributed by atoms with E-state index in [0.29, 0.717) is 23.1 Å². The van der Waals surface area contributed by atoms with E-state index >= 15 is 0 Å². The van der Waals surface area contributed by atoms with Crippen LogP contribution in [0.4, 0.5) is 24.7 Å². The van der Waals surface area contributed by atoms with Crippen LogP contribution >= 0.6 is 0 Å². The molecule has 2 aromatic heterocycles. The zero-order chi connectivity index (χ0) is 21.2. The van der Waals surface area contributed by atoms with E-state index in [9.17, 15) is 26.7 Å². The van der Waals surface area contributed by atoms with Crippen LogP contribution in [0.15, 0.2) is 47.6 Å². The number of hydrogen-bond acceptors (Lipinski definition) is 6. The number of rotatable bonds is 6. The van der Waals surface area contributed by atoms with Gasteiger partial charge in [-0.3, -0.25) is 0 Å². The third kappa shape index (κ3) is 4.55. The molecule has 2 heterocycles. The fourth-order valence-electron chi connectivity index (χ4n) is 2.49. The molecular weight excluding hydrogens is 411 g/mol. The van der Waals surface area contributed by atoms with Crippen LogP contribution in [0.5, 0.6) is 0 Å². The van der Waals surface area contributed by atoms with Crippen molar-refractivity contribution in [3.05, 3.63) is 54.1 Å². The van der Waals surface area contributed by atoms with Gasteiger partial charge in [0.1, 0.15) is 18.2 Å². The Morgan fingerprint density at radius 3 is 2.45 bits per heavy atom. The third-order valence-corrected chi connectivity index (χ3v) is 5.40. The molecule has 0 unspecified atom stereocenters. The minimum Gasteiger partial charge on any atom is -0.388 e. The lowest BCUT2D eigenvalue weighted by molar-refractivity contribution is -0.137. The van der Waals surface area contributed by atoms with Gasteiger partial charge in [0.2, 0.25) is 10.0 Å². The Morgan fingerprint density at radius 2 is 1.90 bits per heavy atom. The van der Waals surface area contributed by atoms with Crippen molar-refractivity contribution in [3.8, 4) is 11.3 Å². The Kier molecular flexibility index (Phi) is 5.59. The first-order valence-electron chi connectivity index (χ1n) is 8.17. The van der Waals surface area contributed by atoms with Crippen molar-refractivity contribution in [3.63, 3.8) is 0 Å². The molecule has 0 aliphatic carbocycles. The maximum atomic E-state index is 12.7. The number of nitrogens with one attached hydrogen (secondary N) is 3. The summed E-state index contributed by atoms with van der Waals surface area (Å²) in [4.78, 5) is 10.5. The van der Waals surface area contributed by atoms with Crippen LogP contribution in [0.25, 0.3) is 11.3 Å². The lowest BCUT2D eigenvalue weighted by Gasteiger charge is -2.13. The first kappa shape index (κ1) is 20.8. The first-order chi connectivity index (χ1) is 13.6. The van der Waals surface area contributed by atoms with Gasteiger partial charge in [-0.2, -0.15) is 13.2 Å². The number of nitrogens with zero attached hydrogens (tertiary/aromatic N) is 2. The van der Waals surface area contributed by atoms with E-state index in [2.05, 4.69) is 25.0 Å². The number of aliphatic hydroxyl groups is 1. The van der Waals surface area contributed by atoms with E-state index in [4.69, 9.17) is 0 Å². The van der Waals surface area contributed by atoms with Crippen LogP contribution in [-0.4, -0.2) is 35.5 Å². The van der Waals surface area contributed by atoms with Gasteiger partial charge < -0.3 is 15.4 Å². The third-order valence-electron chi connectivity index (χ3n) is 3.99. The molecule has 12 heteroatoms. The molecule has 0 amide bonds. The highest BCUT2D eigenvalue weighted by molar-refractivity contribution is 7.89. The van der Waals surface area contributed by atoms with E-state index in [1.807, 2.05) is 0 Å². The molecule has 0 saturated heterocycles. The van der Waals surface area contributed by atoms with Gasteiger partial charge in [0.05, 0.1) is 22.3 Å². The molecule has 8 nitrogen and oxygen atoms in total. The lowest BCUT2D eigenvalue weighted by atomic mass is 10.1. The molecule has 3 rings (SSSR count). The summed E-state index contributed by atoms with van der Waals surface area (Å²) in [5.41, 5.74) is 0.257. The van der Waals surface area contributed by atoms with E-state index in [1.54, 1.807) is 0 Å². The number of anilines is 2. The van der Waals surface area contributed by atoms with Gasteiger partial charge in [0.15, 0.2) is 0 Å².